The van der Waals surface area contributed by atoms with Crippen molar-refractivity contribution < 1.29 is 0 Å². The zero-order chi connectivity index (χ0) is 6.41. The minimum absolute atomic E-state index is 4.64. The summed E-state index contributed by atoms with van der Waals surface area (Å²) in [6.07, 6.45) is 0. The molecule has 0 saturated carbocycles. The highest BCUT2D eigenvalue weighted by atomic mass is 36.7. The minimum atomic E-state index is -4.64. The zero-order valence-electron chi connectivity index (χ0n) is 2.68. The molecular formula is Cl6S. The quantitative estimate of drug-likeness (QED) is 0.575. The van der Waals surface area contributed by atoms with Crippen LogP contribution in [0.2, 0.25) is 0 Å². The lowest BCUT2D eigenvalue weighted by Crippen LogP contribution is -1.78. The van der Waals surface area contributed by atoms with Crippen molar-refractivity contribution in [1.82, 2.24) is 0 Å². The first kappa shape index (κ1) is 9.09. The Morgan fingerprint density at radius 3 is 0.571 bits per heavy atom. The number of rotatable bonds is 0. The molecule has 0 aromatic heterocycles. The first-order valence-corrected chi connectivity index (χ1v) is 8.33. The summed E-state index contributed by atoms with van der Waals surface area (Å²) in [5.41, 5.74) is 0. The molecule has 0 spiro atoms. The molecule has 0 aromatic rings. The molecule has 0 aromatic carbocycles. The van der Waals surface area contributed by atoms with Crippen LogP contribution >= 0.6 is 67.7 Å². The van der Waals surface area contributed by atoms with E-state index in [1.165, 1.54) is 0 Å². The molecule has 48 valence electrons. The molecule has 0 aliphatic carbocycles. The first-order valence-electron chi connectivity index (χ1n) is 0.926. The molecule has 0 radical (unpaired) electrons. The largest absolute Gasteiger partial charge is 0.0841 e. The van der Waals surface area contributed by atoms with Crippen LogP contribution in [0.3, 0.4) is 0 Å². The molecule has 0 rings (SSSR count). The van der Waals surface area contributed by atoms with Crippen LogP contribution in [-0.2, 0) is 0 Å². The van der Waals surface area contributed by atoms with Crippen LogP contribution in [0.4, 0.5) is 0 Å². The number of hydrogen-bond donors (Lipinski definition) is 0. The van der Waals surface area contributed by atoms with Crippen molar-refractivity contribution in [3.05, 3.63) is 0 Å². The Morgan fingerprint density at radius 1 is 0.571 bits per heavy atom. The third-order valence-corrected chi connectivity index (χ3v) is 0. The Morgan fingerprint density at radius 2 is 0.571 bits per heavy atom. The highest BCUT2D eigenvalue weighted by molar-refractivity contribution is 9.32. The predicted molar refractivity (Wildman–Crippen MR) is 42.7 cm³/mol. The van der Waals surface area contributed by atoms with E-state index in [0.29, 0.717) is 0 Å². The maximum atomic E-state index is 4.99. The predicted octanol–water partition coefficient (Wildman–Crippen LogP) is 4.79. The van der Waals surface area contributed by atoms with Crippen LogP contribution in [0.5, 0.6) is 0 Å². The van der Waals surface area contributed by atoms with Gasteiger partial charge in [0.2, 0.25) is 0 Å². The van der Waals surface area contributed by atoms with Crippen molar-refractivity contribution in [2.24, 2.45) is 0 Å². The summed E-state index contributed by atoms with van der Waals surface area (Å²) in [5, 5.41) is 0. The normalized spacial score (nSPS) is 23.1. The van der Waals surface area contributed by atoms with E-state index in [1.54, 1.807) is 0 Å². The molecule has 0 fully saturated rings. The van der Waals surface area contributed by atoms with Gasteiger partial charge in [-0.15, -0.1) is 0 Å². The smallest absolute Gasteiger partial charge is 0.0140 e. The third kappa shape index (κ3) is 68.7. The van der Waals surface area contributed by atoms with Gasteiger partial charge < -0.3 is 0 Å². The van der Waals surface area contributed by atoms with E-state index in [1.807, 2.05) is 0 Å². The molecular weight excluding hydrogens is 245 g/mol. The molecule has 0 saturated heterocycles. The molecule has 0 unspecified atom stereocenters. The summed E-state index contributed by atoms with van der Waals surface area (Å²) in [7, 11) is 29.9. The van der Waals surface area contributed by atoms with E-state index in [0.717, 1.165) is 0 Å². The molecule has 7 heavy (non-hydrogen) atoms. The summed E-state index contributed by atoms with van der Waals surface area (Å²) >= 11 is 0. The van der Waals surface area contributed by atoms with Gasteiger partial charge in [0.25, 0.3) is 0 Å². The Hall–Kier alpha value is 2.09. The van der Waals surface area contributed by atoms with Crippen LogP contribution in [-0.4, -0.2) is 0 Å². The first-order chi connectivity index (χ1) is 2.45. The topological polar surface area (TPSA) is 0 Å². The average molecular weight is 245 g/mol. The maximum Gasteiger partial charge on any atom is 0.0841 e. The average Bonchev–Trinajstić information content (AvgIpc) is 0.592. The van der Waals surface area contributed by atoms with Crippen LogP contribution in [0.1, 0.15) is 0 Å². The second-order valence-corrected chi connectivity index (χ2v) is 23.6. The van der Waals surface area contributed by atoms with Crippen molar-refractivity contribution in [1.29, 1.82) is 0 Å². The molecule has 0 N–H and O–H groups in total. The van der Waals surface area contributed by atoms with Crippen LogP contribution in [0, 0.1) is 0 Å². The van der Waals surface area contributed by atoms with Crippen LogP contribution < -0.4 is 0 Å². The zero-order valence-corrected chi connectivity index (χ0v) is 8.03. The van der Waals surface area contributed by atoms with E-state index in [2.05, 4.69) is 0 Å². The van der Waals surface area contributed by atoms with Gasteiger partial charge in [-0.3, -0.25) is 0 Å². The molecule has 7 heteroatoms. The second kappa shape index (κ2) is 1.39. The highest BCUT2D eigenvalue weighted by Gasteiger charge is 2.49. The van der Waals surface area contributed by atoms with E-state index in [9.17, 15) is 0 Å². The number of hydrogen-bond acceptors (Lipinski definition) is 0. The standard InChI is InChI=1S/Cl6S/c1-7(2,3,4,5)6. The molecule has 0 aliphatic heterocycles. The van der Waals surface area contributed by atoms with Gasteiger partial charge in [0.05, 0.1) is 3.58 Å². The van der Waals surface area contributed by atoms with Crippen molar-refractivity contribution in [2.75, 3.05) is 0 Å². The van der Waals surface area contributed by atoms with Crippen molar-refractivity contribution in [3.63, 3.8) is 0 Å². The van der Waals surface area contributed by atoms with Crippen molar-refractivity contribution in [3.8, 4) is 0 Å². The molecule has 0 atom stereocenters. The fourth-order valence-corrected chi connectivity index (χ4v) is 0. The van der Waals surface area contributed by atoms with Gasteiger partial charge in [0.15, 0.2) is 0 Å². The lowest BCUT2D eigenvalue weighted by atomic mass is 30.8. The summed E-state index contributed by atoms with van der Waals surface area (Å²) < 4.78 is -4.64. The summed E-state index contributed by atoms with van der Waals surface area (Å²) in [4.78, 5) is 0. The summed E-state index contributed by atoms with van der Waals surface area (Å²) in [6.45, 7) is 0. The van der Waals surface area contributed by atoms with Crippen LogP contribution in [0.25, 0.3) is 0 Å². The highest BCUT2D eigenvalue weighted by Crippen LogP contribution is 3.12. The minimum Gasteiger partial charge on any atom is -0.0140 e. The third-order valence-electron chi connectivity index (χ3n) is 0. The Balaban J connectivity index is 4.43. The molecule has 0 nitrogen and oxygen atoms in total. The van der Waals surface area contributed by atoms with Gasteiger partial charge in [-0.1, -0.05) is 0 Å². The van der Waals surface area contributed by atoms with Gasteiger partial charge in [0, 0.05) is 0 Å². The van der Waals surface area contributed by atoms with E-state index < -0.39 is 3.58 Å². The van der Waals surface area contributed by atoms with Crippen LogP contribution in [0.15, 0.2) is 0 Å². The van der Waals surface area contributed by atoms with Gasteiger partial charge in [-0.25, -0.2) is 0 Å². The molecule has 0 heterocycles. The molecule has 0 amide bonds. The Kier molecular flexibility index (Phi) is 1.81. The number of halogens is 6. The van der Waals surface area contributed by atoms with E-state index >= 15 is 0 Å². The lowest BCUT2D eigenvalue weighted by molar-refractivity contribution is 4.13. The van der Waals surface area contributed by atoms with Crippen molar-refractivity contribution in [2.45, 2.75) is 0 Å². The molecule has 0 bridgehead atoms. The Bertz CT molecular complexity index is 62.7. The second-order valence-electron chi connectivity index (χ2n) is 0.875. The Labute approximate surface area is 67.2 Å². The lowest BCUT2D eigenvalue weighted by Gasteiger charge is -2.41. The van der Waals surface area contributed by atoms with Gasteiger partial charge in [0.1, 0.15) is 0 Å². The molecule has 0 aliphatic rings. The van der Waals surface area contributed by atoms with Gasteiger partial charge in [-0.2, -0.15) is 0 Å². The van der Waals surface area contributed by atoms with E-state index in [4.69, 9.17) is 64.1 Å². The summed E-state index contributed by atoms with van der Waals surface area (Å²) in [5.74, 6) is 0. The fraction of sp³-hybridized carbons (Fsp3) is 0. The summed E-state index contributed by atoms with van der Waals surface area (Å²) in [6, 6.07) is 0. The SMILES string of the molecule is ClS(Cl)(Cl)(Cl)(Cl)Cl. The van der Waals surface area contributed by atoms with Gasteiger partial charge >= 0.3 is 0 Å². The van der Waals surface area contributed by atoms with Crippen molar-refractivity contribution >= 4 is 67.7 Å². The maximum absolute atomic E-state index is 4.99. The van der Waals surface area contributed by atoms with E-state index in [-0.39, 0.29) is 0 Å². The monoisotopic (exact) mass is 242 g/mol. The van der Waals surface area contributed by atoms with Gasteiger partial charge in [-0.05, 0) is 64.1 Å². The fourth-order valence-electron chi connectivity index (χ4n) is 0.